The highest BCUT2D eigenvalue weighted by molar-refractivity contribution is 5.84. The standard InChI is InChI=1S/C19H21N3O2/c1-21-12-15(11-20-21)17-10-18(17)19(24)22-8-6-14(7-9-22)13-2-4-16(23)5-3-13/h2-6,11-12,17-18,23H,7-10H2,1H3. The van der Waals surface area contributed by atoms with Crippen LogP contribution in [0.1, 0.15) is 29.9 Å². The van der Waals surface area contributed by atoms with E-state index < -0.39 is 0 Å². The lowest BCUT2D eigenvalue weighted by molar-refractivity contribution is -0.132. The van der Waals surface area contributed by atoms with E-state index in [9.17, 15) is 9.90 Å². The molecule has 5 heteroatoms. The first-order valence-corrected chi connectivity index (χ1v) is 8.37. The third-order valence-corrected chi connectivity index (χ3v) is 5.02. The number of aromatic nitrogens is 2. The maximum absolute atomic E-state index is 12.7. The summed E-state index contributed by atoms with van der Waals surface area (Å²) in [5, 5.41) is 13.6. The normalized spacial score (nSPS) is 23.0. The van der Waals surface area contributed by atoms with Crippen LogP contribution in [0.3, 0.4) is 0 Å². The minimum Gasteiger partial charge on any atom is -0.508 e. The zero-order chi connectivity index (χ0) is 16.7. The van der Waals surface area contributed by atoms with E-state index in [2.05, 4.69) is 11.2 Å². The number of aromatic hydroxyl groups is 1. The largest absolute Gasteiger partial charge is 0.508 e. The van der Waals surface area contributed by atoms with Crippen molar-refractivity contribution in [2.75, 3.05) is 13.1 Å². The average Bonchev–Trinajstić information content (AvgIpc) is 3.29. The molecular weight excluding hydrogens is 302 g/mol. The fraction of sp³-hybridized carbons (Fsp3) is 0.368. The third kappa shape index (κ3) is 2.82. The van der Waals surface area contributed by atoms with E-state index in [1.807, 2.05) is 36.5 Å². The predicted octanol–water partition coefficient (Wildman–Crippen LogP) is 2.55. The van der Waals surface area contributed by atoms with Gasteiger partial charge in [0.2, 0.25) is 5.91 Å². The second kappa shape index (κ2) is 5.82. The summed E-state index contributed by atoms with van der Waals surface area (Å²) in [5.74, 6) is 1.01. The van der Waals surface area contributed by atoms with E-state index in [1.165, 1.54) is 11.1 Å². The Balaban J connectivity index is 1.39. The Morgan fingerprint density at radius 3 is 2.71 bits per heavy atom. The molecule has 0 spiro atoms. The fourth-order valence-corrected chi connectivity index (χ4v) is 3.51. The number of carbonyl (C=O) groups excluding carboxylic acids is 1. The quantitative estimate of drug-likeness (QED) is 0.944. The number of nitrogens with zero attached hydrogens (tertiary/aromatic N) is 3. The molecule has 2 atom stereocenters. The van der Waals surface area contributed by atoms with Crippen LogP contribution < -0.4 is 0 Å². The van der Waals surface area contributed by atoms with E-state index in [1.54, 1.807) is 16.8 Å². The van der Waals surface area contributed by atoms with Gasteiger partial charge in [-0.1, -0.05) is 18.2 Å². The molecule has 1 fully saturated rings. The number of benzene rings is 1. The molecule has 2 heterocycles. The first kappa shape index (κ1) is 15.0. The zero-order valence-electron chi connectivity index (χ0n) is 13.7. The van der Waals surface area contributed by atoms with Crippen LogP contribution in [-0.4, -0.2) is 38.8 Å². The maximum Gasteiger partial charge on any atom is 0.226 e. The number of carbonyl (C=O) groups is 1. The summed E-state index contributed by atoms with van der Waals surface area (Å²) in [7, 11) is 1.91. The number of phenols is 1. The van der Waals surface area contributed by atoms with Crippen LogP contribution >= 0.6 is 0 Å². The highest BCUT2D eigenvalue weighted by Gasteiger charge is 2.46. The minimum absolute atomic E-state index is 0.123. The van der Waals surface area contributed by atoms with Crippen LogP contribution in [0.2, 0.25) is 0 Å². The molecule has 24 heavy (non-hydrogen) atoms. The Hall–Kier alpha value is -2.56. The molecule has 124 valence electrons. The number of aryl methyl sites for hydroxylation is 1. The average molecular weight is 323 g/mol. The lowest BCUT2D eigenvalue weighted by Crippen LogP contribution is -2.36. The van der Waals surface area contributed by atoms with Gasteiger partial charge in [0, 0.05) is 32.3 Å². The molecule has 5 nitrogen and oxygen atoms in total. The molecule has 1 aliphatic carbocycles. The van der Waals surface area contributed by atoms with Crippen molar-refractivity contribution in [3.05, 3.63) is 53.9 Å². The van der Waals surface area contributed by atoms with E-state index in [0.717, 1.165) is 24.9 Å². The van der Waals surface area contributed by atoms with Gasteiger partial charge >= 0.3 is 0 Å². The summed E-state index contributed by atoms with van der Waals surface area (Å²) in [4.78, 5) is 14.6. The van der Waals surface area contributed by atoms with Crippen molar-refractivity contribution >= 4 is 11.5 Å². The predicted molar refractivity (Wildman–Crippen MR) is 91.3 cm³/mol. The highest BCUT2D eigenvalue weighted by Crippen LogP contribution is 2.48. The van der Waals surface area contributed by atoms with Crippen molar-refractivity contribution in [2.24, 2.45) is 13.0 Å². The SMILES string of the molecule is Cn1cc(C2CC2C(=O)N2CC=C(c3ccc(O)cc3)CC2)cn1. The summed E-state index contributed by atoms with van der Waals surface area (Å²) in [6, 6.07) is 7.27. The van der Waals surface area contributed by atoms with Crippen LogP contribution in [0.5, 0.6) is 5.75 Å². The van der Waals surface area contributed by atoms with Gasteiger partial charge in [0.25, 0.3) is 0 Å². The molecule has 0 saturated heterocycles. The summed E-state index contributed by atoms with van der Waals surface area (Å²) < 4.78 is 1.79. The van der Waals surface area contributed by atoms with E-state index >= 15 is 0 Å². The Morgan fingerprint density at radius 1 is 1.29 bits per heavy atom. The summed E-state index contributed by atoms with van der Waals surface area (Å²) >= 11 is 0. The van der Waals surface area contributed by atoms with Crippen molar-refractivity contribution < 1.29 is 9.90 Å². The van der Waals surface area contributed by atoms with Crippen LogP contribution in [0.4, 0.5) is 0 Å². The highest BCUT2D eigenvalue weighted by atomic mass is 16.3. The molecule has 1 aromatic heterocycles. The molecule has 2 unspecified atom stereocenters. The van der Waals surface area contributed by atoms with Gasteiger partial charge in [-0.25, -0.2) is 0 Å². The number of phenolic OH excluding ortho intramolecular Hbond substituents is 1. The van der Waals surface area contributed by atoms with E-state index in [4.69, 9.17) is 0 Å². The van der Waals surface area contributed by atoms with Gasteiger partial charge in [0.15, 0.2) is 0 Å². The molecule has 2 aliphatic rings. The van der Waals surface area contributed by atoms with Crippen LogP contribution in [0.25, 0.3) is 5.57 Å². The lowest BCUT2D eigenvalue weighted by atomic mass is 9.99. The molecule has 1 saturated carbocycles. The number of amides is 1. The Labute approximate surface area is 141 Å². The lowest BCUT2D eigenvalue weighted by Gasteiger charge is -2.27. The van der Waals surface area contributed by atoms with Gasteiger partial charge in [-0.15, -0.1) is 0 Å². The molecule has 1 aromatic carbocycles. The van der Waals surface area contributed by atoms with Gasteiger partial charge in [-0.05, 0) is 47.6 Å². The van der Waals surface area contributed by atoms with E-state index in [-0.39, 0.29) is 17.6 Å². The van der Waals surface area contributed by atoms with Gasteiger partial charge < -0.3 is 10.0 Å². The molecular formula is C19H21N3O2. The summed E-state index contributed by atoms with van der Waals surface area (Å²) in [6.45, 7) is 1.44. The molecule has 0 radical (unpaired) electrons. The molecule has 1 amide bonds. The van der Waals surface area contributed by atoms with Crippen molar-refractivity contribution in [1.29, 1.82) is 0 Å². The second-order valence-electron chi connectivity index (χ2n) is 6.71. The first-order valence-electron chi connectivity index (χ1n) is 8.37. The zero-order valence-corrected chi connectivity index (χ0v) is 13.7. The van der Waals surface area contributed by atoms with Crippen LogP contribution in [-0.2, 0) is 11.8 Å². The van der Waals surface area contributed by atoms with Crippen LogP contribution in [0, 0.1) is 5.92 Å². The maximum atomic E-state index is 12.7. The molecule has 1 aliphatic heterocycles. The van der Waals surface area contributed by atoms with Crippen molar-refractivity contribution in [2.45, 2.75) is 18.8 Å². The van der Waals surface area contributed by atoms with E-state index in [0.29, 0.717) is 12.5 Å². The van der Waals surface area contributed by atoms with Gasteiger partial charge in [0.05, 0.1) is 6.20 Å². The van der Waals surface area contributed by atoms with Crippen molar-refractivity contribution in [1.82, 2.24) is 14.7 Å². The third-order valence-electron chi connectivity index (χ3n) is 5.02. The topological polar surface area (TPSA) is 58.4 Å². The summed E-state index contributed by atoms with van der Waals surface area (Å²) in [5.41, 5.74) is 3.55. The molecule has 4 rings (SSSR count). The number of hydrogen-bond donors (Lipinski definition) is 1. The smallest absolute Gasteiger partial charge is 0.226 e. The minimum atomic E-state index is 0.123. The van der Waals surface area contributed by atoms with Gasteiger partial charge in [-0.3, -0.25) is 9.48 Å². The Kier molecular flexibility index (Phi) is 3.63. The molecule has 2 aromatic rings. The molecule has 1 N–H and O–H groups in total. The Bertz CT molecular complexity index is 791. The monoisotopic (exact) mass is 323 g/mol. The fourth-order valence-electron chi connectivity index (χ4n) is 3.51. The van der Waals surface area contributed by atoms with Crippen LogP contribution in [0.15, 0.2) is 42.7 Å². The number of rotatable bonds is 3. The van der Waals surface area contributed by atoms with Gasteiger partial charge in [-0.2, -0.15) is 5.10 Å². The summed E-state index contributed by atoms with van der Waals surface area (Å²) in [6.07, 6.45) is 7.82. The van der Waals surface area contributed by atoms with Gasteiger partial charge in [0.1, 0.15) is 5.75 Å². The second-order valence-corrected chi connectivity index (χ2v) is 6.71. The van der Waals surface area contributed by atoms with Crippen molar-refractivity contribution in [3.8, 4) is 5.75 Å². The molecule has 0 bridgehead atoms. The number of hydrogen-bond acceptors (Lipinski definition) is 3. The Morgan fingerprint density at radius 2 is 2.08 bits per heavy atom. The first-order chi connectivity index (χ1) is 11.6. The van der Waals surface area contributed by atoms with Crippen molar-refractivity contribution in [3.63, 3.8) is 0 Å².